The standard InChI is InChI=1S/C17H19N3OS/c1-10-7-8-18-15(11-5-6-11)13(10)9-22-17-19-14-4-2-3-12(14)16(21)20-17/h7-8,11H,2-6,9H2,1H3,(H,19,20,21). The van der Waals surface area contributed by atoms with Gasteiger partial charge in [-0.15, -0.1) is 0 Å². The van der Waals surface area contributed by atoms with Crippen LogP contribution in [0.5, 0.6) is 0 Å². The lowest BCUT2D eigenvalue weighted by atomic mass is 10.1. The van der Waals surface area contributed by atoms with Crippen LogP contribution in [-0.2, 0) is 18.6 Å². The third kappa shape index (κ3) is 2.58. The average molecular weight is 313 g/mol. The van der Waals surface area contributed by atoms with Gasteiger partial charge in [-0.3, -0.25) is 9.78 Å². The number of aromatic amines is 1. The summed E-state index contributed by atoms with van der Waals surface area (Å²) < 4.78 is 0. The third-order valence-corrected chi connectivity index (χ3v) is 5.46. The maximum Gasteiger partial charge on any atom is 0.254 e. The molecule has 2 aliphatic rings. The summed E-state index contributed by atoms with van der Waals surface area (Å²) in [6, 6.07) is 2.07. The van der Waals surface area contributed by atoms with Gasteiger partial charge in [0.15, 0.2) is 5.16 Å². The minimum absolute atomic E-state index is 0.0512. The van der Waals surface area contributed by atoms with Gasteiger partial charge in [0.05, 0.1) is 5.69 Å². The minimum atomic E-state index is 0.0512. The van der Waals surface area contributed by atoms with E-state index < -0.39 is 0 Å². The molecule has 2 aromatic heterocycles. The number of pyridine rings is 1. The number of hydrogen-bond donors (Lipinski definition) is 1. The lowest BCUT2D eigenvalue weighted by molar-refractivity contribution is 0.868. The highest BCUT2D eigenvalue weighted by Crippen LogP contribution is 2.42. The Labute approximate surface area is 133 Å². The average Bonchev–Trinajstić information content (AvgIpc) is 3.23. The number of aromatic nitrogens is 3. The van der Waals surface area contributed by atoms with Gasteiger partial charge in [0.2, 0.25) is 0 Å². The van der Waals surface area contributed by atoms with E-state index in [0.29, 0.717) is 5.92 Å². The van der Waals surface area contributed by atoms with E-state index in [1.165, 1.54) is 29.7 Å². The molecule has 1 saturated carbocycles. The molecule has 0 bridgehead atoms. The fourth-order valence-electron chi connectivity index (χ4n) is 3.13. The van der Waals surface area contributed by atoms with Crippen molar-refractivity contribution in [3.8, 4) is 0 Å². The lowest BCUT2D eigenvalue weighted by Crippen LogP contribution is -2.15. The van der Waals surface area contributed by atoms with Crippen molar-refractivity contribution in [1.82, 2.24) is 15.0 Å². The Morgan fingerprint density at radius 1 is 1.36 bits per heavy atom. The van der Waals surface area contributed by atoms with Gasteiger partial charge in [0.1, 0.15) is 0 Å². The van der Waals surface area contributed by atoms with Gasteiger partial charge in [-0.1, -0.05) is 11.8 Å². The van der Waals surface area contributed by atoms with Gasteiger partial charge in [0.25, 0.3) is 5.56 Å². The molecule has 0 atom stereocenters. The van der Waals surface area contributed by atoms with E-state index in [1.807, 2.05) is 6.20 Å². The molecule has 0 unspecified atom stereocenters. The van der Waals surface area contributed by atoms with Crippen LogP contribution in [0.4, 0.5) is 0 Å². The molecule has 0 spiro atoms. The summed E-state index contributed by atoms with van der Waals surface area (Å²) in [6.07, 6.45) is 7.27. The summed E-state index contributed by atoms with van der Waals surface area (Å²) in [4.78, 5) is 24.2. The first-order valence-electron chi connectivity index (χ1n) is 7.91. The second-order valence-corrected chi connectivity index (χ2v) is 7.17. The molecule has 114 valence electrons. The summed E-state index contributed by atoms with van der Waals surface area (Å²) in [7, 11) is 0. The van der Waals surface area contributed by atoms with Crippen molar-refractivity contribution in [2.24, 2.45) is 0 Å². The number of thioether (sulfide) groups is 1. The zero-order valence-electron chi connectivity index (χ0n) is 12.7. The first kappa shape index (κ1) is 14.0. The Bertz CT molecular complexity index is 780. The van der Waals surface area contributed by atoms with Crippen molar-refractivity contribution in [3.63, 3.8) is 0 Å². The molecule has 2 aliphatic carbocycles. The summed E-state index contributed by atoms with van der Waals surface area (Å²) in [5.41, 5.74) is 5.79. The predicted octanol–water partition coefficient (Wildman–Crippen LogP) is 3.13. The van der Waals surface area contributed by atoms with Gasteiger partial charge >= 0.3 is 0 Å². The molecule has 22 heavy (non-hydrogen) atoms. The topological polar surface area (TPSA) is 58.6 Å². The summed E-state index contributed by atoms with van der Waals surface area (Å²) in [5.74, 6) is 1.47. The molecule has 0 aliphatic heterocycles. The number of nitrogens with one attached hydrogen (secondary N) is 1. The number of rotatable bonds is 4. The number of hydrogen-bond acceptors (Lipinski definition) is 4. The van der Waals surface area contributed by atoms with E-state index in [4.69, 9.17) is 0 Å². The highest BCUT2D eigenvalue weighted by molar-refractivity contribution is 7.98. The van der Waals surface area contributed by atoms with Gasteiger partial charge < -0.3 is 4.98 Å². The largest absolute Gasteiger partial charge is 0.301 e. The van der Waals surface area contributed by atoms with Crippen molar-refractivity contribution >= 4 is 11.8 Å². The Morgan fingerprint density at radius 2 is 2.23 bits per heavy atom. The van der Waals surface area contributed by atoms with Crippen LogP contribution in [0.25, 0.3) is 0 Å². The van der Waals surface area contributed by atoms with Crippen molar-refractivity contribution < 1.29 is 0 Å². The number of fused-ring (bicyclic) bond motifs is 1. The maximum atomic E-state index is 12.1. The minimum Gasteiger partial charge on any atom is -0.301 e. The molecule has 1 fully saturated rings. The Kier molecular flexibility index (Phi) is 3.53. The monoisotopic (exact) mass is 313 g/mol. The SMILES string of the molecule is Cc1ccnc(C2CC2)c1CSc1nc2c(c(=O)[nH]1)CCC2. The third-order valence-electron chi connectivity index (χ3n) is 4.56. The molecular formula is C17H19N3OS. The van der Waals surface area contributed by atoms with Gasteiger partial charge in [-0.05, 0) is 56.2 Å². The molecule has 4 rings (SSSR count). The first-order chi connectivity index (χ1) is 10.7. The van der Waals surface area contributed by atoms with Crippen LogP contribution >= 0.6 is 11.8 Å². The molecule has 4 nitrogen and oxygen atoms in total. The van der Waals surface area contributed by atoms with Crippen LogP contribution in [-0.4, -0.2) is 15.0 Å². The van der Waals surface area contributed by atoms with E-state index in [2.05, 4.69) is 27.9 Å². The highest BCUT2D eigenvalue weighted by atomic mass is 32.2. The normalized spacial score (nSPS) is 16.8. The quantitative estimate of drug-likeness (QED) is 0.696. The number of aryl methyl sites for hydroxylation is 2. The van der Waals surface area contributed by atoms with Gasteiger partial charge in [0, 0.05) is 29.1 Å². The predicted molar refractivity (Wildman–Crippen MR) is 87.4 cm³/mol. The van der Waals surface area contributed by atoms with E-state index in [1.54, 1.807) is 11.8 Å². The Balaban J connectivity index is 1.59. The van der Waals surface area contributed by atoms with Crippen LogP contribution in [0.15, 0.2) is 22.2 Å². The van der Waals surface area contributed by atoms with E-state index in [0.717, 1.165) is 41.4 Å². The lowest BCUT2D eigenvalue weighted by Gasteiger charge is -2.11. The molecule has 5 heteroatoms. The molecular weight excluding hydrogens is 294 g/mol. The van der Waals surface area contributed by atoms with Crippen molar-refractivity contribution in [1.29, 1.82) is 0 Å². The second-order valence-electron chi connectivity index (χ2n) is 6.20. The van der Waals surface area contributed by atoms with Crippen LogP contribution in [0.2, 0.25) is 0 Å². The summed E-state index contributed by atoms with van der Waals surface area (Å²) in [5, 5.41) is 0.746. The van der Waals surface area contributed by atoms with Crippen molar-refractivity contribution in [2.45, 2.75) is 55.9 Å². The Hall–Kier alpha value is -1.62. The van der Waals surface area contributed by atoms with Crippen molar-refractivity contribution in [2.75, 3.05) is 0 Å². The zero-order valence-corrected chi connectivity index (χ0v) is 13.5. The van der Waals surface area contributed by atoms with Gasteiger partial charge in [-0.2, -0.15) is 0 Å². The zero-order chi connectivity index (χ0) is 15.1. The first-order valence-corrected chi connectivity index (χ1v) is 8.90. The smallest absolute Gasteiger partial charge is 0.254 e. The molecule has 0 aromatic carbocycles. The number of nitrogens with zero attached hydrogens (tertiary/aromatic N) is 2. The van der Waals surface area contributed by atoms with E-state index in [-0.39, 0.29) is 5.56 Å². The van der Waals surface area contributed by atoms with Crippen LogP contribution in [0, 0.1) is 6.92 Å². The fraction of sp³-hybridized carbons (Fsp3) is 0.471. The van der Waals surface area contributed by atoms with Crippen molar-refractivity contribution in [3.05, 3.63) is 50.7 Å². The number of H-pyrrole nitrogens is 1. The Morgan fingerprint density at radius 3 is 3.05 bits per heavy atom. The summed E-state index contributed by atoms with van der Waals surface area (Å²) in [6.45, 7) is 2.14. The van der Waals surface area contributed by atoms with Crippen LogP contribution in [0.1, 0.15) is 53.3 Å². The highest BCUT2D eigenvalue weighted by Gasteiger charge is 2.28. The maximum absolute atomic E-state index is 12.1. The van der Waals surface area contributed by atoms with E-state index >= 15 is 0 Å². The molecule has 1 N–H and O–H groups in total. The second kappa shape index (κ2) is 5.54. The van der Waals surface area contributed by atoms with Crippen LogP contribution < -0.4 is 5.56 Å². The van der Waals surface area contributed by atoms with Crippen LogP contribution in [0.3, 0.4) is 0 Å². The molecule has 0 radical (unpaired) electrons. The molecule has 2 aromatic rings. The molecule has 2 heterocycles. The molecule has 0 amide bonds. The van der Waals surface area contributed by atoms with Gasteiger partial charge in [-0.25, -0.2) is 4.98 Å². The fourth-order valence-corrected chi connectivity index (χ4v) is 4.13. The molecule has 0 saturated heterocycles. The van der Waals surface area contributed by atoms with E-state index in [9.17, 15) is 4.79 Å². The summed E-state index contributed by atoms with van der Waals surface area (Å²) >= 11 is 1.62.